The van der Waals surface area contributed by atoms with Gasteiger partial charge in [-0.15, -0.1) is 0 Å². The molecule has 1 saturated heterocycles. The minimum Gasteiger partial charge on any atom is -0.369 e. The minimum atomic E-state index is -0.281. The van der Waals surface area contributed by atoms with E-state index < -0.39 is 0 Å². The predicted octanol–water partition coefficient (Wildman–Crippen LogP) is 1.73. The van der Waals surface area contributed by atoms with Crippen LogP contribution in [0.2, 0.25) is 0 Å². The number of piperidine rings is 1. The van der Waals surface area contributed by atoms with Gasteiger partial charge in [0.05, 0.1) is 11.9 Å². The van der Waals surface area contributed by atoms with E-state index in [1.54, 1.807) is 6.20 Å². The summed E-state index contributed by atoms with van der Waals surface area (Å²) in [6.45, 7) is 4.30. The molecule has 0 saturated carbocycles. The second kappa shape index (κ2) is 8.05. The number of anilines is 1. The van der Waals surface area contributed by atoms with Crippen LogP contribution in [0.4, 0.5) is 5.69 Å². The number of carbonyl (C=O) groups excluding carboxylic acids is 2. The number of nitrogens with two attached hydrogens (primary N) is 1. The molecular weight excluding hydrogens is 330 g/mol. The molecule has 136 valence electrons. The third-order valence-corrected chi connectivity index (χ3v) is 4.59. The Bertz CT molecular complexity index is 783. The van der Waals surface area contributed by atoms with Crippen LogP contribution in [0.25, 0.3) is 0 Å². The van der Waals surface area contributed by atoms with Gasteiger partial charge in [0.15, 0.2) is 0 Å². The Morgan fingerprint density at radius 3 is 2.65 bits per heavy atom. The van der Waals surface area contributed by atoms with Gasteiger partial charge in [-0.1, -0.05) is 12.1 Å². The maximum Gasteiger partial charge on any atom is 0.275 e. The van der Waals surface area contributed by atoms with Gasteiger partial charge in [0.25, 0.3) is 5.91 Å². The molecular formula is C19H23N5O2. The molecule has 1 aliphatic rings. The SMILES string of the molecule is Cc1cnc(C(=O)Nc2cccc(CN3CCC(C(N)=O)CC3)c2)cn1. The molecule has 0 atom stereocenters. The monoisotopic (exact) mass is 353 g/mol. The first-order chi connectivity index (χ1) is 12.5. The Kier molecular flexibility index (Phi) is 5.58. The molecule has 3 rings (SSSR count). The van der Waals surface area contributed by atoms with Crippen LogP contribution in [0, 0.1) is 12.8 Å². The van der Waals surface area contributed by atoms with Gasteiger partial charge in [-0.05, 0) is 50.6 Å². The summed E-state index contributed by atoms with van der Waals surface area (Å²) in [4.78, 5) is 34.0. The number of nitrogens with one attached hydrogen (secondary N) is 1. The molecule has 2 heterocycles. The van der Waals surface area contributed by atoms with Gasteiger partial charge in [0, 0.05) is 24.3 Å². The number of aromatic nitrogens is 2. The number of rotatable bonds is 5. The largest absolute Gasteiger partial charge is 0.369 e. The summed E-state index contributed by atoms with van der Waals surface area (Å²) in [5.41, 5.74) is 8.27. The number of hydrogen-bond donors (Lipinski definition) is 2. The lowest BCUT2D eigenvalue weighted by Gasteiger charge is -2.30. The fourth-order valence-corrected chi connectivity index (χ4v) is 3.09. The van der Waals surface area contributed by atoms with Gasteiger partial charge in [-0.3, -0.25) is 19.5 Å². The van der Waals surface area contributed by atoms with E-state index >= 15 is 0 Å². The number of carbonyl (C=O) groups is 2. The van der Waals surface area contributed by atoms with Crippen molar-refractivity contribution >= 4 is 17.5 Å². The molecule has 0 unspecified atom stereocenters. The number of primary amides is 1. The van der Waals surface area contributed by atoms with Crippen molar-refractivity contribution in [3.63, 3.8) is 0 Å². The van der Waals surface area contributed by atoms with Gasteiger partial charge in [0.1, 0.15) is 5.69 Å². The third kappa shape index (κ3) is 4.64. The van der Waals surface area contributed by atoms with Crippen LogP contribution in [0.15, 0.2) is 36.7 Å². The number of likely N-dealkylation sites (tertiary alicyclic amines) is 1. The fourth-order valence-electron chi connectivity index (χ4n) is 3.09. The van der Waals surface area contributed by atoms with E-state index in [2.05, 4.69) is 20.2 Å². The highest BCUT2D eigenvalue weighted by molar-refractivity contribution is 6.02. The van der Waals surface area contributed by atoms with E-state index in [0.29, 0.717) is 0 Å². The summed E-state index contributed by atoms with van der Waals surface area (Å²) in [5, 5.41) is 2.86. The van der Waals surface area contributed by atoms with Crippen LogP contribution < -0.4 is 11.1 Å². The standard InChI is InChI=1S/C19H23N5O2/c1-13-10-22-17(11-21-13)19(26)23-16-4-2-3-14(9-16)12-24-7-5-15(6-8-24)18(20)25/h2-4,9-11,15H,5-8,12H2,1H3,(H2,20,25)(H,23,26). The van der Waals surface area contributed by atoms with Crippen molar-refractivity contribution in [2.24, 2.45) is 11.7 Å². The number of hydrogen-bond acceptors (Lipinski definition) is 5. The zero-order valence-electron chi connectivity index (χ0n) is 14.8. The minimum absolute atomic E-state index is 0.00695. The average Bonchev–Trinajstić information content (AvgIpc) is 2.63. The summed E-state index contributed by atoms with van der Waals surface area (Å²) in [6.07, 6.45) is 4.65. The molecule has 2 amide bonds. The molecule has 1 fully saturated rings. The normalized spacial score (nSPS) is 15.6. The first kappa shape index (κ1) is 18.0. The van der Waals surface area contributed by atoms with E-state index in [4.69, 9.17) is 5.73 Å². The molecule has 0 radical (unpaired) electrons. The Labute approximate surface area is 152 Å². The van der Waals surface area contributed by atoms with Gasteiger partial charge >= 0.3 is 0 Å². The van der Waals surface area contributed by atoms with Crippen molar-refractivity contribution in [3.05, 3.63) is 53.6 Å². The molecule has 1 aromatic heterocycles. The van der Waals surface area contributed by atoms with Gasteiger partial charge in [-0.25, -0.2) is 4.98 Å². The lowest BCUT2D eigenvalue weighted by Crippen LogP contribution is -2.38. The smallest absolute Gasteiger partial charge is 0.275 e. The Morgan fingerprint density at radius 2 is 2.00 bits per heavy atom. The highest BCUT2D eigenvalue weighted by Crippen LogP contribution is 2.20. The molecule has 7 heteroatoms. The number of aryl methyl sites for hydroxylation is 1. The Balaban J connectivity index is 1.59. The van der Waals surface area contributed by atoms with Crippen molar-refractivity contribution in [1.82, 2.24) is 14.9 Å². The molecule has 2 aromatic rings. The molecule has 26 heavy (non-hydrogen) atoms. The molecule has 1 aliphatic heterocycles. The molecule has 0 spiro atoms. The summed E-state index contributed by atoms with van der Waals surface area (Å²) in [5.74, 6) is -0.488. The highest BCUT2D eigenvalue weighted by atomic mass is 16.2. The van der Waals surface area contributed by atoms with Crippen LogP contribution in [-0.4, -0.2) is 39.8 Å². The van der Waals surface area contributed by atoms with E-state index in [1.807, 2.05) is 31.2 Å². The summed E-state index contributed by atoms with van der Waals surface area (Å²) in [7, 11) is 0. The molecule has 3 N–H and O–H groups in total. The quantitative estimate of drug-likeness (QED) is 0.852. The van der Waals surface area contributed by atoms with Crippen LogP contribution in [0.1, 0.15) is 34.6 Å². The predicted molar refractivity (Wildman–Crippen MR) is 98.4 cm³/mol. The second-order valence-corrected chi connectivity index (χ2v) is 6.65. The lowest BCUT2D eigenvalue weighted by molar-refractivity contribution is -0.123. The second-order valence-electron chi connectivity index (χ2n) is 6.65. The Morgan fingerprint density at radius 1 is 1.23 bits per heavy atom. The van der Waals surface area contributed by atoms with Crippen LogP contribution in [0.3, 0.4) is 0 Å². The summed E-state index contributed by atoms with van der Waals surface area (Å²) >= 11 is 0. The van der Waals surface area contributed by atoms with Gasteiger partial charge in [0.2, 0.25) is 5.91 Å². The van der Waals surface area contributed by atoms with Crippen LogP contribution in [-0.2, 0) is 11.3 Å². The average molecular weight is 353 g/mol. The van der Waals surface area contributed by atoms with E-state index in [-0.39, 0.29) is 23.4 Å². The van der Waals surface area contributed by atoms with Crippen LogP contribution >= 0.6 is 0 Å². The zero-order chi connectivity index (χ0) is 18.5. The molecule has 0 aliphatic carbocycles. The van der Waals surface area contributed by atoms with Gasteiger partial charge < -0.3 is 11.1 Å². The van der Waals surface area contributed by atoms with Crippen molar-refractivity contribution in [2.75, 3.05) is 18.4 Å². The maximum atomic E-state index is 12.3. The van der Waals surface area contributed by atoms with Gasteiger partial charge in [-0.2, -0.15) is 0 Å². The molecule has 1 aromatic carbocycles. The number of benzene rings is 1. The van der Waals surface area contributed by atoms with Crippen molar-refractivity contribution < 1.29 is 9.59 Å². The zero-order valence-corrected chi connectivity index (χ0v) is 14.8. The van der Waals surface area contributed by atoms with E-state index in [9.17, 15) is 9.59 Å². The van der Waals surface area contributed by atoms with Crippen molar-refractivity contribution in [2.45, 2.75) is 26.3 Å². The summed E-state index contributed by atoms with van der Waals surface area (Å²) < 4.78 is 0. The number of nitrogens with zero attached hydrogens (tertiary/aromatic N) is 3. The van der Waals surface area contributed by atoms with Crippen LogP contribution in [0.5, 0.6) is 0 Å². The first-order valence-corrected chi connectivity index (χ1v) is 8.72. The van der Waals surface area contributed by atoms with E-state index in [1.165, 1.54) is 6.20 Å². The van der Waals surface area contributed by atoms with E-state index in [0.717, 1.165) is 49.4 Å². The lowest BCUT2D eigenvalue weighted by atomic mass is 9.96. The number of amides is 2. The van der Waals surface area contributed by atoms with Crippen molar-refractivity contribution in [3.8, 4) is 0 Å². The first-order valence-electron chi connectivity index (χ1n) is 8.72. The Hall–Kier alpha value is -2.80. The fraction of sp³-hybridized carbons (Fsp3) is 0.368. The topological polar surface area (TPSA) is 101 Å². The molecule has 0 bridgehead atoms. The summed E-state index contributed by atoms with van der Waals surface area (Å²) in [6, 6.07) is 7.76. The maximum absolute atomic E-state index is 12.3. The third-order valence-electron chi connectivity index (χ3n) is 4.59. The highest BCUT2D eigenvalue weighted by Gasteiger charge is 2.23. The molecule has 7 nitrogen and oxygen atoms in total. The van der Waals surface area contributed by atoms with Crippen molar-refractivity contribution in [1.29, 1.82) is 0 Å².